The van der Waals surface area contributed by atoms with E-state index in [0.29, 0.717) is 12.0 Å². The Balaban J connectivity index is 2.43. The van der Waals surface area contributed by atoms with Crippen molar-refractivity contribution < 1.29 is 4.79 Å². The first-order valence-electron chi connectivity index (χ1n) is 6.16. The molecule has 92 valence electrons. The topological polar surface area (TPSA) is 40.9 Å². The summed E-state index contributed by atoms with van der Waals surface area (Å²) in [5.74, 6) is 0.216. The van der Waals surface area contributed by atoms with Crippen LogP contribution in [0.4, 0.5) is 0 Å². The number of allylic oxidation sites excluding steroid dienone is 2. The van der Waals surface area contributed by atoms with Crippen molar-refractivity contribution in [2.45, 2.75) is 33.6 Å². The minimum absolute atomic E-state index is 0.0667. The molecule has 1 aliphatic carbocycles. The van der Waals surface area contributed by atoms with Gasteiger partial charge in [-0.25, -0.2) is 0 Å². The van der Waals surface area contributed by atoms with E-state index in [0.717, 1.165) is 23.1 Å². The maximum atomic E-state index is 12.3. The second kappa shape index (κ2) is 4.42. The summed E-state index contributed by atoms with van der Waals surface area (Å²) < 4.78 is 0. The maximum Gasteiger partial charge on any atom is 0.163 e. The van der Waals surface area contributed by atoms with E-state index >= 15 is 0 Å². The van der Waals surface area contributed by atoms with Gasteiger partial charge in [-0.1, -0.05) is 31.6 Å². The van der Waals surface area contributed by atoms with Gasteiger partial charge in [0, 0.05) is 12.0 Å². The van der Waals surface area contributed by atoms with Crippen LogP contribution in [0, 0.1) is 16.7 Å². The van der Waals surface area contributed by atoms with Crippen LogP contribution < -0.4 is 0 Å². The van der Waals surface area contributed by atoms with Crippen molar-refractivity contribution in [3.63, 3.8) is 0 Å². The summed E-state index contributed by atoms with van der Waals surface area (Å²) in [4.78, 5) is 12.3. The summed E-state index contributed by atoms with van der Waals surface area (Å²) in [6.07, 6.45) is 1.55. The van der Waals surface area contributed by atoms with E-state index in [1.54, 1.807) is 12.1 Å². The molecule has 0 bridgehead atoms. The van der Waals surface area contributed by atoms with Gasteiger partial charge >= 0.3 is 0 Å². The van der Waals surface area contributed by atoms with Crippen LogP contribution >= 0.6 is 0 Å². The molecule has 1 aromatic rings. The van der Waals surface area contributed by atoms with Crippen LogP contribution in [0.25, 0.3) is 5.57 Å². The molecule has 0 heterocycles. The Labute approximate surface area is 108 Å². The third kappa shape index (κ3) is 2.36. The van der Waals surface area contributed by atoms with Gasteiger partial charge < -0.3 is 0 Å². The Morgan fingerprint density at radius 1 is 1.17 bits per heavy atom. The molecule has 2 heteroatoms. The van der Waals surface area contributed by atoms with Gasteiger partial charge in [0.15, 0.2) is 5.78 Å². The van der Waals surface area contributed by atoms with Crippen molar-refractivity contribution in [3.8, 4) is 6.07 Å². The van der Waals surface area contributed by atoms with Crippen LogP contribution in [0.1, 0.15) is 44.7 Å². The molecule has 0 saturated heterocycles. The highest BCUT2D eigenvalue weighted by Crippen LogP contribution is 2.39. The lowest BCUT2D eigenvalue weighted by Crippen LogP contribution is -2.24. The van der Waals surface area contributed by atoms with E-state index in [4.69, 9.17) is 5.26 Å². The number of hydrogen-bond acceptors (Lipinski definition) is 2. The smallest absolute Gasteiger partial charge is 0.163 e. The molecule has 0 radical (unpaired) electrons. The summed E-state index contributed by atoms with van der Waals surface area (Å²) in [7, 11) is 0. The fraction of sp³-hybridized carbons (Fsp3) is 0.375. The van der Waals surface area contributed by atoms with Gasteiger partial charge in [0.25, 0.3) is 0 Å². The average Bonchev–Trinajstić information content (AvgIpc) is 2.27. The zero-order valence-electron chi connectivity index (χ0n) is 11.1. The molecule has 2 nitrogen and oxygen atoms in total. The lowest BCUT2D eigenvalue weighted by molar-refractivity contribution is -0.116. The summed E-state index contributed by atoms with van der Waals surface area (Å²) >= 11 is 0. The van der Waals surface area contributed by atoms with Crippen LogP contribution in [-0.2, 0) is 4.79 Å². The number of carbonyl (C=O) groups is 1. The van der Waals surface area contributed by atoms with Crippen LogP contribution in [0.3, 0.4) is 0 Å². The van der Waals surface area contributed by atoms with Gasteiger partial charge in [0.2, 0.25) is 0 Å². The first-order chi connectivity index (χ1) is 8.43. The highest BCUT2D eigenvalue weighted by molar-refractivity contribution is 6.22. The molecule has 0 fully saturated rings. The Hall–Kier alpha value is -1.88. The number of nitrogens with zero attached hydrogens (tertiary/aromatic N) is 1. The fourth-order valence-electron chi connectivity index (χ4n) is 2.75. The zero-order valence-corrected chi connectivity index (χ0v) is 11.1. The van der Waals surface area contributed by atoms with Crippen LogP contribution in [0.5, 0.6) is 0 Å². The third-order valence-corrected chi connectivity index (χ3v) is 3.39. The highest BCUT2D eigenvalue weighted by atomic mass is 16.1. The minimum Gasteiger partial charge on any atom is -0.294 e. The molecule has 0 amide bonds. The molecule has 1 aromatic carbocycles. The van der Waals surface area contributed by atoms with E-state index in [1.165, 1.54) is 0 Å². The molecule has 0 saturated carbocycles. The van der Waals surface area contributed by atoms with Crippen molar-refractivity contribution in [3.05, 3.63) is 41.0 Å². The normalized spacial score (nSPS) is 18.7. The van der Waals surface area contributed by atoms with Gasteiger partial charge in [-0.15, -0.1) is 0 Å². The second-order valence-corrected chi connectivity index (χ2v) is 5.79. The summed E-state index contributed by atoms with van der Waals surface area (Å²) in [6, 6.07) is 9.36. The molecule has 18 heavy (non-hydrogen) atoms. The van der Waals surface area contributed by atoms with E-state index in [-0.39, 0.29) is 11.2 Å². The Bertz CT molecular complexity index is 556. The quantitative estimate of drug-likeness (QED) is 0.749. The van der Waals surface area contributed by atoms with Gasteiger partial charge in [0.1, 0.15) is 0 Å². The molecule has 0 aromatic heterocycles. The number of rotatable bonds is 1. The minimum atomic E-state index is 0.0667. The lowest BCUT2D eigenvalue weighted by Gasteiger charge is -2.31. The molecule has 1 aliphatic rings. The van der Waals surface area contributed by atoms with Gasteiger partial charge in [0.05, 0.1) is 11.6 Å². The number of nitriles is 1. The number of ketones is 1. The van der Waals surface area contributed by atoms with Crippen molar-refractivity contribution in [2.24, 2.45) is 5.41 Å². The SMILES string of the molecule is CC1=C(c2ccc(C#N)cc2)C(=O)CC(C)(C)C1. The monoisotopic (exact) mass is 239 g/mol. The largest absolute Gasteiger partial charge is 0.294 e. The predicted octanol–water partition coefficient (Wildman–Crippen LogP) is 3.72. The molecular weight excluding hydrogens is 222 g/mol. The van der Waals surface area contributed by atoms with Crippen LogP contribution in [0.15, 0.2) is 29.8 Å². The average molecular weight is 239 g/mol. The number of benzene rings is 1. The summed E-state index contributed by atoms with van der Waals surface area (Å²) in [5.41, 5.74) is 3.63. The van der Waals surface area contributed by atoms with E-state index in [2.05, 4.69) is 19.9 Å². The third-order valence-electron chi connectivity index (χ3n) is 3.39. The zero-order chi connectivity index (χ0) is 13.3. The van der Waals surface area contributed by atoms with Gasteiger partial charge in [-0.3, -0.25) is 4.79 Å². The van der Waals surface area contributed by atoms with Crippen molar-refractivity contribution in [2.75, 3.05) is 0 Å². The maximum absolute atomic E-state index is 12.3. The molecule has 0 unspecified atom stereocenters. The fourth-order valence-corrected chi connectivity index (χ4v) is 2.75. The second-order valence-electron chi connectivity index (χ2n) is 5.79. The summed E-state index contributed by atoms with van der Waals surface area (Å²) in [6.45, 7) is 6.29. The molecule has 0 spiro atoms. The lowest BCUT2D eigenvalue weighted by atomic mass is 9.72. The Kier molecular flexibility index (Phi) is 3.09. The first-order valence-corrected chi connectivity index (χ1v) is 6.16. The molecular formula is C16H17NO. The van der Waals surface area contributed by atoms with Crippen molar-refractivity contribution >= 4 is 11.4 Å². The van der Waals surface area contributed by atoms with Crippen LogP contribution in [-0.4, -0.2) is 5.78 Å². The number of carbonyl (C=O) groups excluding carboxylic acids is 1. The number of hydrogen-bond donors (Lipinski definition) is 0. The molecule has 2 rings (SSSR count). The molecule has 0 aliphatic heterocycles. The number of Topliss-reactive ketones (excluding diaryl/α,β-unsaturated/α-hetero) is 1. The van der Waals surface area contributed by atoms with Crippen molar-refractivity contribution in [1.29, 1.82) is 5.26 Å². The Morgan fingerprint density at radius 2 is 1.78 bits per heavy atom. The molecule has 0 atom stereocenters. The Morgan fingerprint density at radius 3 is 2.28 bits per heavy atom. The van der Waals surface area contributed by atoms with Gasteiger partial charge in [-0.2, -0.15) is 5.26 Å². The van der Waals surface area contributed by atoms with E-state index in [1.807, 2.05) is 19.1 Å². The van der Waals surface area contributed by atoms with Gasteiger partial charge in [-0.05, 0) is 36.5 Å². The highest BCUT2D eigenvalue weighted by Gasteiger charge is 2.31. The van der Waals surface area contributed by atoms with Crippen LogP contribution in [0.2, 0.25) is 0 Å². The predicted molar refractivity (Wildman–Crippen MR) is 71.8 cm³/mol. The van der Waals surface area contributed by atoms with E-state index in [9.17, 15) is 4.79 Å². The van der Waals surface area contributed by atoms with Crippen molar-refractivity contribution in [1.82, 2.24) is 0 Å². The standard InChI is InChI=1S/C16H17NO/c1-11-8-16(2,3)9-14(18)15(11)13-6-4-12(10-17)5-7-13/h4-7H,8-9H2,1-3H3. The molecule has 0 N–H and O–H groups in total. The summed E-state index contributed by atoms with van der Waals surface area (Å²) in [5, 5.41) is 8.78. The van der Waals surface area contributed by atoms with E-state index < -0.39 is 0 Å². The first kappa shape index (κ1) is 12.6.